The summed E-state index contributed by atoms with van der Waals surface area (Å²) in [4.78, 5) is 14.0. The Labute approximate surface area is 140 Å². The second-order valence-corrected chi connectivity index (χ2v) is 7.08. The summed E-state index contributed by atoms with van der Waals surface area (Å²) in [6, 6.07) is 8.48. The molecule has 0 saturated carbocycles. The molecule has 1 fully saturated rings. The van der Waals surface area contributed by atoms with Crippen LogP contribution in [0.5, 0.6) is 5.75 Å². The molecule has 0 spiro atoms. The quantitative estimate of drug-likeness (QED) is 0.877. The molecule has 0 aliphatic carbocycles. The fourth-order valence-corrected chi connectivity index (χ4v) is 2.77. The van der Waals surface area contributed by atoms with Gasteiger partial charge in [-0.25, -0.2) is 0 Å². The maximum atomic E-state index is 12.1. The van der Waals surface area contributed by atoms with E-state index < -0.39 is 0 Å². The number of hydrogen-bond donors (Lipinski definition) is 1. The van der Waals surface area contributed by atoms with E-state index in [1.807, 2.05) is 17.0 Å². The van der Waals surface area contributed by atoms with Crippen molar-refractivity contribution >= 4 is 5.91 Å². The summed E-state index contributed by atoms with van der Waals surface area (Å²) in [5.74, 6) is 0.995. The van der Waals surface area contributed by atoms with Crippen molar-refractivity contribution in [2.24, 2.45) is 5.73 Å². The second kappa shape index (κ2) is 7.82. The van der Waals surface area contributed by atoms with Crippen molar-refractivity contribution < 1.29 is 9.53 Å². The Kier molecular flexibility index (Phi) is 6.05. The van der Waals surface area contributed by atoms with Gasteiger partial charge in [0.1, 0.15) is 5.75 Å². The van der Waals surface area contributed by atoms with Crippen LogP contribution in [0.3, 0.4) is 0 Å². The second-order valence-electron chi connectivity index (χ2n) is 7.08. The molecule has 2 rings (SSSR count). The van der Waals surface area contributed by atoms with Gasteiger partial charge in [-0.3, -0.25) is 4.79 Å². The highest BCUT2D eigenvalue weighted by Gasteiger charge is 2.20. The van der Waals surface area contributed by atoms with Crippen LogP contribution in [0.4, 0.5) is 0 Å². The molecule has 1 aromatic carbocycles. The van der Waals surface area contributed by atoms with Gasteiger partial charge in [0.05, 0.1) is 13.0 Å². The maximum absolute atomic E-state index is 12.1. The van der Waals surface area contributed by atoms with Gasteiger partial charge >= 0.3 is 0 Å². The summed E-state index contributed by atoms with van der Waals surface area (Å²) in [5.41, 5.74) is 7.36. The molecule has 4 heteroatoms. The van der Waals surface area contributed by atoms with Crippen LogP contribution in [0.15, 0.2) is 24.3 Å². The molecule has 1 aliphatic rings. The minimum Gasteiger partial charge on any atom is -0.493 e. The Balaban J connectivity index is 1.77. The first kappa shape index (κ1) is 17.8. The number of nitrogens with zero attached hydrogens (tertiary/aromatic N) is 1. The number of nitrogens with two attached hydrogens (primary N) is 1. The van der Waals surface area contributed by atoms with Crippen molar-refractivity contribution in [1.29, 1.82) is 0 Å². The van der Waals surface area contributed by atoms with Gasteiger partial charge in [0.15, 0.2) is 0 Å². The number of hydrogen-bond acceptors (Lipinski definition) is 3. The molecule has 0 aromatic heterocycles. The van der Waals surface area contributed by atoms with Gasteiger partial charge in [0, 0.05) is 19.1 Å². The van der Waals surface area contributed by atoms with E-state index in [1.54, 1.807) is 0 Å². The number of amides is 1. The van der Waals surface area contributed by atoms with Crippen molar-refractivity contribution in [2.75, 3.05) is 19.7 Å². The monoisotopic (exact) mass is 318 g/mol. The number of piperidine rings is 1. The molecule has 23 heavy (non-hydrogen) atoms. The van der Waals surface area contributed by atoms with Gasteiger partial charge in [-0.1, -0.05) is 32.9 Å². The predicted molar refractivity (Wildman–Crippen MR) is 93.7 cm³/mol. The number of benzene rings is 1. The predicted octanol–water partition coefficient (Wildman–Crippen LogP) is 3.09. The first-order valence-corrected chi connectivity index (χ1v) is 8.69. The zero-order valence-electron chi connectivity index (χ0n) is 14.7. The molecule has 1 saturated heterocycles. The molecule has 0 atom stereocenters. The first-order valence-electron chi connectivity index (χ1n) is 8.69. The Hall–Kier alpha value is -1.55. The van der Waals surface area contributed by atoms with Gasteiger partial charge in [-0.2, -0.15) is 0 Å². The molecular formula is C19H30N2O2. The molecular weight excluding hydrogens is 288 g/mol. The summed E-state index contributed by atoms with van der Waals surface area (Å²) in [5, 5.41) is 0. The van der Waals surface area contributed by atoms with Crippen molar-refractivity contribution in [3.8, 4) is 5.75 Å². The van der Waals surface area contributed by atoms with Crippen LogP contribution in [0, 0.1) is 0 Å². The third-order valence-electron chi connectivity index (χ3n) is 5.00. The third-order valence-corrected chi connectivity index (χ3v) is 5.00. The SMILES string of the molecule is CCC(C)(C)c1ccc(OCCC(=O)N2CCC(N)CC2)cc1. The zero-order valence-corrected chi connectivity index (χ0v) is 14.7. The summed E-state index contributed by atoms with van der Waals surface area (Å²) < 4.78 is 5.72. The Morgan fingerprint density at radius 1 is 1.26 bits per heavy atom. The van der Waals surface area contributed by atoms with E-state index in [9.17, 15) is 4.79 Å². The molecule has 1 heterocycles. The maximum Gasteiger partial charge on any atom is 0.225 e. The third kappa shape index (κ3) is 4.96. The molecule has 2 N–H and O–H groups in total. The van der Waals surface area contributed by atoms with Gasteiger partial charge < -0.3 is 15.4 Å². The van der Waals surface area contributed by atoms with Crippen molar-refractivity contribution in [3.63, 3.8) is 0 Å². The number of carbonyl (C=O) groups excluding carboxylic acids is 1. The average molecular weight is 318 g/mol. The number of likely N-dealkylation sites (tertiary alicyclic amines) is 1. The lowest BCUT2D eigenvalue weighted by Crippen LogP contribution is -2.43. The van der Waals surface area contributed by atoms with Crippen LogP contribution in [0.1, 0.15) is 52.0 Å². The highest BCUT2D eigenvalue weighted by molar-refractivity contribution is 5.76. The van der Waals surface area contributed by atoms with E-state index in [2.05, 4.69) is 32.9 Å². The normalized spacial score (nSPS) is 16.4. The van der Waals surface area contributed by atoms with Crippen molar-refractivity contribution in [1.82, 2.24) is 4.90 Å². The molecule has 0 radical (unpaired) electrons. The fraction of sp³-hybridized carbons (Fsp3) is 0.632. The molecule has 1 aliphatic heterocycles. The van der Waals surface area contributed by atoms with Gasteiger partial charge in [0.2, 0.25) is 5.91 Å². The van der Waals surface area contributed by atoms with E-state index in [0.717, 1.165) is 38.1 Å². The van der Waals surface area contributed by atoms with Crippen LogP contribution >= 0.6 is 0 Å². The fourth-order valence-electron chi connectivity index (χ4n) is 2.77. The van der Waals surface area contributed by atoms with Crippen LogP contribution in [-0.2, 0) is 10.2 Å². The lowest BCUT2D eigenvalue weighted by Gasteiger charge is -2.30. The summed E-state index contributed by atoms with van der Waals surface area (Å²) >= 11 is 0. The van der Waals surface area contributed by atoms with Crippen LogP contribution < -0.4 is 10.5 Å². The largest absolute Gasteiger partial charge is 0.493 e. The number of carbonyl (C=O) groups is 1. The van der Waals surface area contributed by atoms with Crippen LogP contribution in [0.2, 0.25) is 0 Å². The van der Waals surface area contributed by atoms with Gasteiger partial charge in [0.25, 0.3) is 0 Å². The Morgan fingerprint density at radius 3 is 2.43 bits per heavy atom. The lowest BCUT2D eigenvalue weighted by molar-refractivity contribution is -0.132. The molecule has 0 unspecified atom stereocenters. The summed E-state index contributed by atoms with van der Waals surface area (Å²) in [7, 11) is 0. The average Bonchev–Trinajstić information content (AvgIpc) is 2.56. The van der Waals surface area contributed by atoms with E-state index >= 15 is 0 Å². The van der Waals surface area contributed by atoms with E-state index in [0.29, 0.717) is 13.0 Å². The van der Waals surface area contributed by atoms with Crippen LogP contribution in [0.25, 0.3) is 0 Å². The number of ether oxygens (including phenoxy) is 1. The Morgan fingerprint density at radius 2 is 1.87 bits per heavy atom. The van der Waals surface area contributed by atoms with Crippen molar-refractivity contribution in [3.05, 3.63) is 29.8 Å². The molecule has 4 nitrogen and oxygen atoms in total. The topological polar surface area (TPSA) is 55.6 Å². The molecule has 1 aromatic rings. The molecule has 128 valence electrons. The number of rotatable bonds is 6. The van der Waals surface area contributed by atoms with Crippen molar-refractivity contribution in [2.45, 2.75) is 57.9 Å². The first-order chi connectivity index (χ1) is 10.9. The zero-order chi connectivity index (χ0) is 16.9. The van der Waals surface area contributed by atoms with Gasteiger partial charge in [-0.15, -0.1) is 0 Å². The smallest absolute Gasteiger partial charge is 0.225 e. The lowest BCUT2D eigenvalue weighted by atomic mass is 9.82. The Bertz CT molecular complexity index is 503. The van der Waals surface area contributed by atoms with Gasteiger partial charge in [-0.05, 0) is 42.4 Å². The minimum atomic E-state index is 0.167. The minimum absolute atomic E-state index is 0.167. The van der Waals surface area contributed by atoms with E-state index in [1.165, 1.54) is 5.56 Å². The summed E-state index contributed by atoms with van der Waals surface area (Å²) in [6.07, 6.45) is 3.33. The molecule has 1 amide bonds. The van der Waals surface area contributed by atoms with E-state index in [-0.39, 0.29) is 17.4 Å². The highest BCUT2D eigenvalue weighted by atomic mass is 16.5. The standard InChI is InChI=1S/C19H30N2O2/c1-4-19(2,3)15-5-7-17(8-6-15)23-14-11-18(22)21-12-9-16(20)10-13-21/h5-8,16H,4,9-14,20H2,1-3H3. The molecule has 0 bridgehead atoms. The highest BCUT2D eigenvalue weighted by Crippen LogP contribution is 2.28. The van der Waals surface area contributed by atoms with Crippen LogP contribution in [-0.4, -0.2) is 36.5 Å². The van der Waals surface area contributed by atoms with E-state index in [4.69, 9.17) is 10.5 Å². The summed E-state index contributed by atoms with van der Waals surface area (Å²) in [6.45, 7) is 8.67.